The van der Waals surface area contributed by atoms with Crippen LogP contribution in [0.3, 0.4) is 0 Å². The Labute approximate surface area is 183 Å². The highest BCUT2D eigenvalue weighted by Gasteiger charge is 2.19. The molecular formula is C25H29N3O3. The summed E-state index contributed by atoms with van der Waals surface area (Å²) >= 11 is 0. The Balaban J connectivity index is 1.60. The van der Waals surface area contributed by atoms with Crippen molar-refractivity contribution in [1.82, 2.24) is 15.2 Å². The fourth-order valence-electron chi connectivity index (χ4n) is 3.48. The van der Waals surface area contributed by atoms with Gasteiger partial charge in [0.1, 0.15) is 0 Å². The Morgan fingerprint density at radius 1 is 1.03 bits per heavy atom. The number of esters is 1. The summed E-state index contributed by atoms with van der Waals surface area (Å²) in [5.74, 6) is -0.344. The number of carbonyl (C=O) groups excluding carboxylic acids is 2. The first-order valence-corrected chi connectivity index (χ1v) is 10.5. The highest BCUT2D eigenvalue weighted by molar-refractivity contribution is 5.76. The molecule has 0 spiro atoms. The van der Waals surface area contributed by atoms with Crippen molar-refractivity contribution < 1.29 is 14.3 Å². The number of aryl methyl sites for hydroxylation is 1. The number of amides is 2. The van der Waals surface area contributed by atoms with Crippen LogP contribution < -0.4 is 10.6 Å². The highest BCUT2D eigenvalue weighted by Crippen LogP contribution is 2.17. The second-order valence-electron chi connectivity index (χ2n) is 7.42. The molecule has 6 nitrogen and oxygen atoms in total. The maximum Gasteiger partial charge on any atom is 0.315 e. The van der Waals surface area contributed by atoms with E-state index >= 15 is 0 Å². The Bertz CT molecular complexity index is 998. The minimum atomic E-state index is -0.459. The lowest BCUT2D eigenvalue weighted by Gasteiger charge is -2.19. The first-order chi connectivity index (χ1) is 15.0. The molecule has 0 aliphatic heterocycles. The van der Waals surface area contributed by atoms with Crippen LogP contribution in [-0.4, -0.2) is 23.2 Å². The van der Waals surface area contributed by atoms with E-state index in [0.717, 1.165) is 17.8 Å². The number of rotatable bonds is 9. The molecule has 0 unspecified atom stereocenters. The Hall–Kier alpha value is -3.54. The smallest absolute Gasteiger partial charge is 0.315 e. The number of ether oxygens (including phenoxy) is 1. The normalized spacial score (nSPS) is 11.5. The Morgan fingerprint density at radius 3 is 2.58 bits per heavy atom. The lowest BCUT2D eigenvalue weighted by Crippen LogP contribution is -2.38. The van der Waals surface area contributed by atoms with Gasteiger partial charge in [-0.2, -0.15) is 0 Å². The lowest BCUT2D eigenvalue weighted by atomic mass is 10.0. The molecule has 31 heavy (non-hydrogen) atoms. The molecular weight excluding hydrogens is 390 g/mol. The van der Waals surface area contributed by atoms with Gasteiger partial charge < -0.3 is 19.9 Å². The van der Waals surface area contributed by atoms with E-state index in [-0.39, 0.29) is 18.4 Å². The number of nitrogens with one attached hydrogen (secondary N) is 2. The van der Waals surface area contributed by atoms with Crippen molar-refractivity contribution in [2.75, 3.05) is 6.61 Å². The standard InChI is InChI=1S/C25H29N3O3/c1-3-31-24(29)16-23(21-11-5-4-6-12-21)27-25(30)26-17-22-13-8-14-28(22)18-20-10-7-9-19(2)15-20/h4-15,23H,3,16-18H2,1-2H3,(H2,26,27,30)/t23-/m0/s1. The molecule has 2 aromatic carbocycles. The first-order valence-electron chi connectivity index (χ1n) is 10.5. The predicted molar refractivity (Wildman–Crippen MR) is 121 cm³/mol. The zero-order valence-electron chi connectivity index (χ0n) is 18.0. The minimum absolute atomic E-state index is 0.0784. The summed E-state index contributed by atoms with van der Waals surface area (Å²) in [5, 5.41) is 5.81. The lowest BCUT2D eigenvalue weighted by molar-refractivity contribution is -0.143. The third kappa shape index (κ3) is 6.74. The van der Waals surface area contributed by atoms with E-state index in [0.29, 0.717) is 13.2 Å². The summed E-state index contributed by atoms with van der Waals surface area (Å²) in [5.41, 5.74) is 4.28. The molecule has 1 atom stereocenters. The zero-order valence-corrected chi connectivity index (χ0v) is 18.0. The highest BCUT2D eigenvalue weighted by atomic mass is 16.5. The largest absolute Gasteiger partial charge is 0.466 e. The van der Waals surface area contributed by atoms with Crippen molar-refractivity contribution >= 4 is 12.0 Å². The number of benzene rings is 2. The van der Waals surface area contributed by atoms with E-state index in [4.69, 9.17) is 4.74 Å². The molecule has 3 aromatic rings. The molecule has 0 aliphatic carbocycles. The average Bonchev–Trinajstić information content (AvgIpc) is 3.19. The molecule has 162 valence electrons. The number of aromatic nitrogens is 1. The Morgan fingerprint density at radius 2 is 1.84 bits per heavy atom. The quantitative estimate of drug-likeness (QED) is 0.507. The second kappa shape index (κ2) is 11.0. The van der Waals surface area contributed by atoms with E-state index < -0.39 is 6.04 Å². The SMILES string of the molecule is CCOC(=O)C[C@H](NC(=O)NCc1cccn1Cc1cccc(C)c1)c1ccccc1. The molecule has 2 amide bonds. The van der Waals surface area contributed by atoms with Crippen molar-refractivity contribution in [3.05, 3.63) is 95.3 Å². The number of carbonyl (C=O) groups is 2. The van der Waals surface area contributed by atoms with Gasteiger partial charge in [-0.15, -0.1) is 0 Å². The molecule has 6 heteroatoms. The van der Waals surface area contributed by atoms with Gasteiger partial charge in [0, 0.05) is 18.4 Å². The summed E-state index contributed by atoms with van der Waals surface area (Å²) in [6.45, 7) is 5.27. The molecule has 3 rings (SSSR count). The number of urea groups is 1. The molecule has 0 saturated carbocycles. The zero-order chi connectivity index (χ0) is 22.1. The van der Waals surface area contributed by atoms with Crippen LogP contribution in [0.4, 0.5) is 4.79 Å². The summed E-state index contributed by atoms with van der Waals surface area (Å²) in [7, 11) is 0. The van der Waals surface area contributed by atoms with Gasteiger partial charge in [-0.3, -0.25) is 4.79 Å². The number of hydrogen-bond acceptors (Lipinski definition) is 3. The molecule has 1 aromatic heterocycles. The minimum Gasteiger partial charge on any atom is -0.466 e. The summed E-state index contributed by atoms with van der Waals surface area (Å²) in [4.78, 5) is 24.6. The first kappa shape index (κ1) is 22.2. The molecule has 0 aliphatic rings. The molecule has 0 radical (unpaired) electrons. The van der Waals surface area contributed by atoms with Gasteiger partial charge in [0.15, 0.2) is 0 Å². The van der Waals surface area contributed by atoms with Gasteiger partial charge >= 0.3 is 12.0 Å². The maximum absolute atomic E-state index is 12.6. The van der Waals surface area contributed by atoms with Gasteiger partial charge in [0.05, 0.1) is 25.6 Å². The Kier molecular flexibility index (Phi) is 7.87. The van der Waals surface area contributed by atoms with E-state index in [1.54, 1.807) is 6.92 Å². The van der Waals surface area contributed by atoms with Gasteiger partial charge in [-0.25, -0.2) is 4.79 Å². The van der Waals surface area contributed by atoms with Gasteiger partial charge in [-0.1, -0.05) is 60.2 Å². The van der Waals surface area contributed by atoms with Crippen LogP contribution in [-0.2, 0) is 22.6 Å². The van der Waals surface area contributed by atoms with Crippen LogP contribution in [0.1, 0.15) is 41.8 Å². The van der Waals surface area contributed by atoms with Crippen molar-refractivity contribution in [2.24, 2.45) is 0 Å². The summed E-state index contributed by atoms with van der Waals surface area (Å²) < 4.78 is 7.17. The van der Waals surface area contributed by atoms with Crippen LogP contribution in [0.2, 0.25) is 0 Å². The fraction of sp³-hybridized carbons (Fsp3) is 0.280. The van der Waals surface area contributed by atoms with Crippen molar-refractivity contribution in [3.63, 3.8) is 0 Å². The third-order valence-electron chi connectivity index (χ3n) is 4.97. The average molecular weight is 420 g/mol. The van der Waals surface area contributed by atoms with Crippen molar-refractivity contribution in [2.45, 2.75) is 39.4 Å². The molecule has 1 heterocycles. The van der Waals surface area contributed by atoms with Gasteiger partial charge in [0.2, 0.25) is 0 Å². The van der Waals surface area contributed by atoms with Crippen LogP contribution in [0.25, 0.3) is 0 Å². The molecule has 0 saturated heterocycles. The van der Waals surface area contributed by atoms with Crippen LogP contribution in [0.5, 0.6) is 0 Å². The maximum atomic E-state index is 12.6. The van der Waals surface area contributed by atoms with Crippen molar-refractivity contribution in [3.8, 4) is 0 Å². The fourth-order valence-corrected chi connectivity index (χ4v) is 3.48. The number of hydrogen-bond donors (Lipinski definition) is 2. The monoisotopic (exact) mass is 419 g/mol. The third-order valence-corrected chi connectivity index (χ3v) is 4.97. The van der Waals surface area contributed by atoms with E-state index in [9.17, 15) is 9.59 Å². The predicted octanol–water partition coefficient (Wildman–Crippen LogP) is 4.34. The van der Waals surface area contributed by atoms with E-state index in [1.807, 2.05) is 54.7 Å². The van der Waals surface area contributed by atoms with Crippen molar-refractivity contribution in [1.29, 1.82) is 0 Å². The number of nitrogens with zero attached hydrogens (tertiary/aromatic N) is 1. The van der Waals surface area contributed by atoms with Crippen LogP contribution in [0.15, 0.2) is 72.9 Å². The molecule has 0 fully saturated rings. The van der Waals surface area contributed by atoms with Crippen LogP contribution >= 0.6 is 0 Å². The van der Waals surface area contributed by atoms with E-state index in [2.05, 4.69) is 40.3 Å². The second-order valence-corrected chi connectivity index (χ2v) is 7.42. The topological polar surface area (TPSA) is 72.4 Å². The van der Waals surface area contributed by atoms with Gasteiger partial charge in [0.25, 0.3) is 0 Å². The summed E-state index contributed by atoms with van der Waals surface area (Å²) in [6.07, 6.45) is 2.08. The van der Waals surface area contributed by atoms with E-state index in [1.165, 1.54) is 11.1 Å². The molecule has 2 N–H and O–H groups in total. The summed E-state index contributed by atoms with van der Waals surface area (Å²) in [6, 6.07) is 21.0. The van der Waals surface area contributed by atoms with Crippen LogP contribution in [0, 0.1) is 6.92 Å². The van der Waals surface area contributed by atoms with Gasteiger partial charge in [-0.05, 0) is 37.1 Å². The molecule has 0 bridgehead atoms.